The summed E-state index contributed by atoms with van der Waals surface area (Å²) in [5, 5.41) is 32.9. The minimum absolute atomic E-state index is 0.0565. The quantitative estimate of drug-likeness (QED) is 0.361. The van der Waals surface area contributed by atoms with Gasteiger partial charge in [0.2, 0.25) is 5.75 Å². The summed E-state index contributed by atoms with van der Waals surface area (Å²) >= 11 is 1.28. The fourth-order valence-corrected chi connectivity index (χ4v) is 3.41. The highest BCUT2D eigenvalue weighted by atomic mass is 32.1. The van der Waals surface area contributed by atoms with Gasteiger partial charge in [0, 0.05) is 17.0 Å². The lowest BCUT2D eigenvalue weighted by atomic mass is 10.1. The molecule has 0 atom stereocenters. The summed E-state index contributed by atoms with van der Waals surface area (Å²) in [5.74, 6) is 0.0678. The highest BCUT2D eigenvalue weighted by Crippen LogP contribution is 2.38. The fraction of sp³-hybridized carbons (Fsp3) is 0.100. The van der Waals surface area contributed by atoms with Crippen molar-refractivity contribution in [2.24, 2.45) is 0 Å². The Morgan fingerprint density at radius 3 is 2.76 bits per heavy atom. The summed E-state index contributed by atoms with van der Waals surface area (Å²) in [4.78, 5) is 14.9. The molecule has 0 fully saturated rings. The van der Waals surface area contributed by atoms with Crippen LogP contribution in [-0.4, -0.2) is 29.2 Å². The number of nitro groups is 1. The number of ether oxygens (including phenoxy) is 2. The summed E-state index contributed by atoms with van der Waals surface area (Å²) in [5.41, 5.74) is 1.57. The highest BCUT2D eigenvalue weighted by molar-refractivity contribution is 7.11. The van der Waals surface area contributed by atoms with E-state index in [0.29, 0.717) is 22.0 Å². The summed E-state index contributed by atoms with van der Waals surface area (Å²) in [7, 11) is 2.87. The molecule has 3 aromatic rings. The molecule has 0 aliphatic heterocycles. The molecule has 0 bridgehead atoms. The lowest BCUT2D eigenvalue weighted by Gasteiger charge is -2.05. The third-order valence-corrected chi connectivity index (χ3v) is 4.90. The van der Waals surface area contributed by atoms with Crippen molar-refractivity contribution in [2.75, 3.05) is 14.2 Å². The molecule has 0 saturated carbocycles. The molecule has 1 aromatic heterocycles. The molecule has 0 radical (unpaired) electrons. The average Bonchev–Trinajstić information content (AvgIpc) is 3.22. The van der Waals surface area contributed by atoms with Crippen LogP contribution in [0.5, 0.6) is 17.2 Å². The molecule has 0 amide bonds. The first-order valence-corrected chi connectivity index (χ1v) is 9.12. The lowest BCUT2D eigenvalue weighted by molar-refractivity contribution is -0.386. The van der Waals surface area contributed by atoms with Crippen molar-refractivity contribution in [3.05, 3.63) is 62.5 Å². The third kappa shape index (κ3) is 4.17. The van der Waals surface area contributed by atoms with Gasteiger partial charge >= 0.3 is 5.69 Å². The molecule has 0 aliphatic carbocycles. The summed E-state index contributed by atoms with van der Waals surface area (Å²) in [6.07, 6.45) is 1.46. The second kappa shape index (κ2) is 8.41. The first kappa shape index (κ1) is 19.9. The van der Waals surface area contributed by atoms with Gasteiger partial charge in [0.05, 0.1) is 30.4 Å². The van der Waals surface area contributed by atoms with Crippen LogP contribution in [0.1, 0.15) is 10.6 Å². The van der Waals surface area contributed by atoms with Crippen molar-refractivity contribution in [1.29, 1.82) is 5.26 Å². The number of aromatic hydroxyl groups is 1. The second-order valence-corrected chi connectivity index (χ2v) is 6.65. The molecular formula is C20H15N3O5S. The number of nitriles is 1. The molecule has 2 aromatic carbocycles. The van der Waals surface area contributed by atoms with Crippen LogP contribution in [-0.2, 0) is 0 Å². The van der Waals surface area contributed by atoms with Gasteiger partial charge in [0.1, 0.15) is 16.8 Å². The number of thiazole rings is 1. The maximum atomic E-state index is 11.2. The van der Waals surface area contributed by atoms with E-state index in [2.05, 4.69) is 11.1 Å². The Labute approximate surface area is 170 Å². The number of nitro benzene ring substituents is 1. The maximum Gasteiger partial charge on any atom is 0.315 e. The zero-order valence-electron chi connectivity index (χ0n) is 15.4. The van der Waals surface area contributed by atoms with Crippen molar-refractivity contribution in [3.63, 3.8) is 0 Å². The average molecular weight is 409 g/mol. The number of aromatic nitrogens is 1. The Kier molecular flexibility index (Phi) is 5.76. The Morgan fingerprint density at radius 2 is 2.10 bits per heavy atom. The SMILES string of the molecule is COc1cccc(-c2csc(C(C#N)=Cc3cc(OC)c(O)c([N+](=O)[O-])c3)n2)c1. The normalized spacial score (nSPS) is 11.0. The van der Waals surface area contributed by atoms with E-state index >= 15 is 0 Å². The topological polar surface area (TPSA) is 119 Å². The molecule has 9 heteroatoms. The lowest BCUT2D eigenvalue weighted by Crippen LogP contribution is -1.93. The van der Waals surface area contributed by atoms with Crippen LogP contribution >= 0.6 is 11.3 Å². The van der Waals surface area contributed by atoms with Crippen LogP contribution in [0.15, 0.2) is 41.8 Å². The van der Waals surface area contributed by atoms with Gasteiger partial charge in [-0.1, -0.05) is 12.1 Å². The molecule has 3 rings (SSSR count). The van der Waals surface area contributed by atoms with E-state index in [4.69, 9.17) is 9.47 Å². The third-order valence-electron chi connectivity index (χ3n) is 4.03. The number of allylic oxidation sites excluding steroid dienone is 1. The molecule has 146 valence electrons. The number of nitrogens with zero attached hydrogens (tertiary/aromatic N) is 3. The minimum Gasteiger partial charge on any atom is -0.500 e. The van der Waals surface area contributed by atoms with Gasteiger partial charge in [-0.3, -0.25) is 10.1 Å². The van der Waals surface area contributed by atoms with E-state index < -0.39 is 16.4 Å². The van der Waals surface area contributed by atoms with Gasteiger partial charge in [-0.2, -0.15) is 5.26 Å². The second-order valence-electron chi connectivity index (χ2n) is 5.79. The summed E-state index contributed by atoms with van der Waals surface area (Å²) in [6.45, 7) is 0. The highest BCUT2D eigenvalue weighted by Gasteiger charge is 2.20. The minimum atomic E-state index is -0.717. The fourth-order valence-electron chi connectivity index (χ4n) is 2.61. The van der Waals surface area contributed by atoms with Crippen LogP contribution in [0.2, 0.25) is 0 Å². The number of rotatable bonds is 6. The number of benzene rings is 2. The maximum absolute atomic E-state index is 11.2. The van der Waals surface area contributed by atoms with Crippen LogP contribution in [0, 0.1) is 21.4 Å². The molecular weight excluding hydrogens is 394 g/mol. The molecule has 0 aliphatic rings. The van der Waals surface area contributed by atoms with Crippen LogP contribution in [0.3, 0.4) is 0 Å². The van der Waals surface area contributed by atoms with E-state index in [1.54, 1.807) is 7.11 Å². The molecule has 1 heterocycles. The summed E-state index contributed by atoms with van der Waals surface area (Å²) < 4.78 is 10.2. The van der Waals surface area contributed by atoms with Crippen LogP contribution < -0.4 is 9.47 Å². The summed E-state index contributed by atoms with van der Waals surface area (Å²) in [6, 6.07) is 12.0. The largest absolute Gasteiger partial charge is 0.500 e. The predicted octanol–water partition coefficient (Wildman–Crippen LogP) is 4.51. The van der Waals surface area contributed by atoms with Gasteiger partial charge in [-0.25, -0.2) is 4.98 Å². The molecule has 29 heavy (non-hydrogen) atoms. The number of hydrogen-bond donors (Lipinski definition) is 1. The predicted molar refractivity (Wildman–Crippen MR) is 109 cm³/mol. The van der Waals surface area contributed by atoms with E-state index in [9.17, 15) is 20.5 Å². The van der Waals surface area contributed by atoms with Gasteiger partial charge in [0.15, 0.2) is 5.75 Å². The Balaban J connectivity index is 2.02. The molecule has 0 spiro atoms. The Morgan fingerprint density at radius 1 is 1.31 bits per heavy atom. The zero-order chi connectivity index (χ0) is 21.0. The van der Waals surface area contributed by atoms with Crippen molar-refractivity contribution in [1.82, 2.24) is 4.98 Å². The monoisotopic (exact) mass is 409 g/mol. The van der Waals surface area contributed by atoms with Crippen molar-refractivity contribution in [3.8, 4) is 34.6 Å². The van der Waals surface area contributed by atoms with Crippen molar-refractivity contribution < 1.29 is 19.5 Å². The zero-order valence-corrected chi connectivity index (χ0v) is 16.3. The molecule has 1 N–H and O–H groups in total. The van der Waals surface area contributed by atoms with Crippen LogP contribution in [0.25, 0.3) is 22.9 Å². The van der Waals surface area contributed by atoms with E-state index in [0.717, 1.165) is 5.56 Å². The van der Waals surface area contributed by atoms with Gasteiger partial charge in [-0.05, 0) is 29.8 Å². The number of phenols is 1. The number of hydrogen-bond acceptors (Lipinski definition) is 8. The first-order chi connectivity index (χ1) is 14.0. The smallest absolute Gasteiger partial charge is 0.315 e. The number of phenolic OH excluding ortho intramolecular Hbond substituents is 1. The molecule has 0 unspecified atom stereocenters. The Bertz CT molecular complexity index is 1150. The first-order valence-electron chi connectivity index (χ1n) is 8.24. The molecule has 8 nitrogen and oxygen atoms in total. The van der Waals surface area contributed by atoms with Crippen molar-refractivity contribution in [2.45, 2.75) is 0 Å². The van der Waals surface area contributed by atoms with Crippen LogP contribution in [0.4, 0.5) is 5.69 Å². The molecule has 0 saturated heterocycles. The van der Waals surface area contributed by atoms with E-state index in [1.165, 1.54) is 36.7 Å². The van der Waals surface area contributed by atoms with Gasteiger partial charge in [-0.15, -0.1) is 11.3 Å². The van der Waals surface area contributed by atoms with Gasteiger partial charge in [0.25, 0.3) is 0 Å². The Hall–Kier alpha value is -3.90. The van der Waals surface area contributed by atoms with E-state index in [-0.39, 0.29) is 11.3 Å². The van der Waals surface area contributed by atoms with Crippen molar-refractivity contribution >= 4 is 28.7 Å². The number of methoxy groups -OCH3 is 2. The standard InChI is InChI=1S/C20H15N3O5S/c1-27-15-5-3-4-13(9-15)16-11-29-20(22-16)14(10-21)6-12-7-17(23(25)26)19(24)18(8-12)28-2/h3-9,11,24H,1-2H3. The van der Waals surface area contributed by atoms with E-state index in [1.807, 2.05) is 29.6 Å². The van der Waals surface area contributed by atoms with Gasteiger partial charge < -0.3 is 14.6 Å².